The first-order chi connectivity index (χ1) is 10.5. The lowest BCUT2D eigenvalue weighted by Gasteiger charge is -1.99. The van der Waals surface area contributed by atoms with Gasteiger partial charge in [-0.25, -0.2) is 13.4 Å². The summed E-state index contributed by atoms with van der Waals surface area (Å²) in [7, 11) is -3.31. The van der Waals surface area contributed by atoms with Gasteiger partial charge >= 0.3 is 0 Å². The Kier molecular flexibility index (Phi) is 4.33. The third-order valence-corrected chi connectivity index (χ3v) is 5.83. The van der Waals surface area contributed by atoms with Gasteiger partial charge in [-0.15, -0.1) is 11.3 Å². The van der Waals surface area contributed by atoms with Crippen LogP contribution in [0.4, 0.5) is 0 Å². The van der Waals surface area contributed by atoms with Crippen LogP contribution in [0.1, 0.15) is 10.6 Å². The van der Waals surface area contributed by atoms with Gasteiger partial charge in [0.05, 0.1) is 21.5 Å². The molecule has 0 saturated carbocycles. The first-order valence-electron chi connectivity index (χ1n) is 6.46. The molecule has 22 heavy (non-hydrogen) atoms. The Labute approximate surface area is 137 Å². The molecule has 114 valence electrons. The zero-order chi connectivity index (χ0) is 15.6. The molecule has 0 radical (unpaired) electrons. The first-order valence-corrected chi connectivity index (χ1v) is 9.48. The van der Waals surface area contributed by atoms with E-state index in [0.717, 1.165) is 10.4 Å². The van der Waals surface area contributed by atoms with Gasteiger partial charge in [0.15, 0.2) is 9.84 Å². The maximum Gasteiger partial charge on any atom is 0.226 e. The van der Waals surface area contributed by atoms with E-state index in [1.165, 1.54) is 17.6 Å². The second-order valence-corrected chi connectivity index (χ2v) is 8.61. The lowest BCUT2D eigenvalue weighted by atomic mass is 10.2. The van der Waals surface area contributed by atoms with Gasteiger partial charge < -0.3 is 4.42 Å². The summed E-state index contributed by atoms with van der Waals surface area (Å²) in [4.78, 5) is 4.96. The summed E-state index contributed by atoms with van der Waals surface area (Å²) in [5, 5.41) is 0. The van der Waals surface area contributed by atoms with Crippen LogP contribution in [0.3, 0.4) is 0 Å². The molecule has 0 atom stereocenters. The summed E-state index contributed by atoms with van der Waals surface area (Å²) < 4.78 is 30.4. The molecule has 4 nitrogen and oxygen atoms in total. The zero-order valence-corrected chi connectivity index (χ0v) is 13.8. The fourth-order valence-electron chi connectivity index (χ4n) is 2.01. The van der Waals surface area contributed by atoms with Gasteiger partial charge in [-0.3, -0.25) is 0 Å². The van der Waals surface area contributed by atoms with E-state index in [0.29, 0.717) is 15.9 Å². The normalized spacial score (nSPS) is 11.7. The molecule has 0 aliphatic heterocycles. The van der Waals surface area contributed by atoms with Crippen LogP contribution in [-0.2, 0) is 21.3 Å². The second-order valence-electron chi connectivity index (χ2n) is 4.75. The van der Waals surface area contributed by atoms with Crippen LogP contribution < -0.4 is 0 Å². The molecule has 0 saturated heterocycles. The predicted molar refractivity (Wildman–Crippen MR) is 87.6 cm³/mol. The van der Waals surface area contributed by atoms with Crippen molar-refractivity contribution >= 4 is 32.8 Å². The van der Waals surface area contributed by atoms with Crippen molar-refractivity contribution in [1.82, 2.24) is 4.98 Å². The zero-order valence-electron chi connectivity index (χ0n) is 11.4. The molecule has 0 unspecified atom stereocenters. The standard InChI is InChI=1S/C15H12ClNO3S2/c16-14-7-6-13(21-14)10-22(18,19)9-12-8-20-15(17-12)11-4-2-1-3-5-11/h1-8H,9-10H2. The summed E-state index contributed by atoms with van der Waals surface area (Å²) >= 11 is 7.09. The molecule has 7 heteroatoms. The number of oxazole rings is 1. The van der Waals surface area contributed by atoms with Gasteiger partial charge in [-0.2, -0.15) is 0 Å². The summed E-state index contributed by atoms with van der Waals surface area (Å²) in [5.74, 6) is 0.224. The average Bonchev–Trinajstić information content (AvgIpc) is 3.08. The van der Waals surface area contributed by atoms with E-state index in [-0.39, 0.29) is 11.5 Å². The number of thiophene rings is 1. The monoisotopic (exact) mass is 353 g/mol. The summed E-state index contributed by atoms with van der Waals surface area (Å²) in [5.41, 5.74) is 1.22. The molecule has 3 aromatic rings. The van der Waals surface area contributed by atoms with Crippen molar-refractivity contribution in [3.05, 3.63) is 63.6 Å². The molecule has 0 bridgehead atoms. The molecule has 0 amide bonds. The highest BCUT2D eigenvalue weighted by Crippen LogP contribution is 2.25. The Hall–Kier alpha value is -1.63. The summed E-state index contributed by atoms with van der Waals surface area (Å²) in [6.07, 6.45) is 1.39. The number of hydrogen-bond acceptors (Lipinski definition) is 5. The lowest BCUT2D eigenvalue weighted by molar-refractivity contribution is 0.572. The molecule has 0 aliphatic rings. The third kappa shape index (κ3) is 3.76. The van der Waals surface area contributed by atoms with Crippen LogP contribution >= 0.6 is 22.9 Å². The Bertz CT molecular complexity index is 869. The number of nitrogens with zero attached hydrogens (tertiary/aromatic N) is 1. The minimum absolute atomic E-state index is 0.0437. The fraction of sp³-hybridized carbons (Fsp3) is 0.133. The van der Waals surface area contributed by atoms with Gasteiger partial charge in [-0.1, -0.05) is 29.8 Å². The summed E-state index contributed by atoms with van der Waals surface area (Å²) in [6.45, 7) is 0. The van der Waals surface area contributed by atoms with Gasteiger partial charge in [0.1, 0.15) is 6.26 Å². The van der Waals surface area contributed by atoms with Crippen LogP contribution in [-0.4, -0.2) is 13.4 Å². The van der Waals surface area contributed by atoms with Crippen LogP contribution in [0.25, 0.3) is 11.5 Å². The highest BCUT2D eigenvalue weighted by atomic mass is 35.5. The van der Waals surface area contributed by atoms with Crippen molar-refractivity contribution < 1.29 is 12.8 Å². The second kappa shape index (κ2) is 6.24. The Morgan fingerprint density at radius 1 is 1.09 bits per heavy atom. The van der Waals surface area contributed by atoms with Crippen LogP contribution in [0.5, 0.6) is 0 Å². The van der Waals surface area contributed by atoms with Crippen LogP contribution in [0.15, 0.2) is 53.1 Å². The number of aromatic nitrogens is 1. The predicted octanol–water partition coefficient (Wildman–Crippen LogP) is 4.17. The van der Waals surface area contributed by atoms with Crippen molar-refractivity contribution in [2.75, 3.05) is 0 Å². The number of halogens is 1. The topological polar surface area (TPSA) is 60.2 Å². The Balaban J connectivity index is 1.74. The van der Waals surface area contributed by atoms with Gasteiger partial charge in [0.25, 0.3) is 0 Å². The lowest BCUT2D eigenvalue weighted by Crippen LogP contribution is -2.06. The minimum atomic E-state index is -3.31. The first kappa shape index (κ1) is 15.3. The van der Waals surface area contributed by atoms with Gasteiger partial charge in [-0.05, 0) is 24.3 Å². The fourth-order valence-corrected chi connectivity index (χ4v) is 4.88. The third-order valence-electron chi connectivity index (χ3n) is 2.93. The number of sulfone groups is 1. The number of hydrogen-bond donors (Lipinski definition) is 0. The van der Waals surface area contributed by atoms with E-state index in [4.69, 9.17) is 16.0 Å². The van der Waals surface area contributed by atoms with Crippen molar-refractivity contribution in [3.63, 3.8) is 0 Å². The van der Waals surface area contributed by atoms with E-state index >= 15 is 0 Å². The highest BCUT2D eigenvalue weighted by Gasteiger charge is 2.17. The van der Waals surface area contributed by atoms with Gasteiger partial charge in [0, 0.05) is 10.4 Å². The maximum atomic E-state index is 12.2. The van der Waals surface area contributed by atoms with Crippen molar-refractivity contribution in [1.29, 1.82) is 0 Å². The quantitative estimate of drug-likeness (QED) is 0.690. The number of rotatable bonds is 5. The van der Waals surface area contributed by atoms with Crippen LogP contribution in [0.2, 0.25) is 4.34 Å². The van der Waals surface area contributed by atoms with E-state index in [9.17, 15) is 8.42 Å². The molecule has 0 spiro atoms. The molecule has 0 aliphatic carbocycles. The van der Waals surface area contributed by atoms with E-state index in [2.05, 4.69) is 4.98 Å². The van der Waals surface area contributed by atoms with E-state index in [1.54, 1.807) is 12.1 Å². The molecule has 2 aromatic heterocycles. The van der Waals surface area contributed by atoms with E-state index < -0.39 is 9.84 Å². The van der Waals surface area contributed by atoms with Crippen LogP contribution in [0, 0.1) is 0 Å². The summed E-state index contributed by atoms with van der Waals surface area (Å²) in [6, 6.07) is 12.8. The SMILES string of the molecule is O=S(=O)(Cc1coc(-c2ccccc2)n1)Cc1ccc(Cl)s1. The minimum Gasteiger partial charge on any atom is -0.444 e. The largest absolute Gasteiger partial charge is 0.444 e. The Morgan fingerprint density at radius 3 is 2.55 bits per heavy atom. The molecular weight excluding hydrogens is 342 g/mol. The molecular formula is C15H12ClNO3S2. The van der Waals surface area contributed by atoms with Crippen molar-refractivity contribution in [2.45, 2.75) is 11.5 Å². The molecule has 1 aromatic carbocycles. The van der Waals surface area contributed by atoms with E-state index in [1.807, 2.05) is 30.3 Å². The van der Waals surface area contributed by atoms with Crippen molar-refractivity contribution in [3.8, 4) is 11.5 Å². The average molecular weight is 354 g/mol. The molecule has 0 N–H and O–H groups in total. The molecule has 0 fully saturated rings. The Morgan fingerprint density at radius 2 is 1.86 bits per heavy atom. The number of benzene rings is 1. The maximum absolute atomic E-state index is 12.2. The van der Waals surface area contributed by atoms with Crippen molar-refractivity contribution in [2.24, 2.45) is 0 Å². The highest BCUT2D eigenvalue weighted by molar-refractivity contribution is 7.90. The molecule has 3 rings (SSSR count). The molecule has 2 heterocycles. The van der Waals surface area contributed by atoms with Gasteiger partial charge in [0.2, 0.25) is 5.89 Å². The smallest absolute Gasteiger partial charge is 0.226 e.